The number of hydrogen-bond acceptors (Lipinski definition) is 8. The fourth-order valence-electron chi connectivity index (χ4n) is 3.74. The summed E-state index contributed by atoms with van der Waals surface area (Å²) < 4.78 is 5.73. The number of nitrogens with zero attached hydrogens (tertiary/aromatic N) is 5. The van der Waals surface area contributed by atoms with Crippen LogP contribution in [0.5, 0.6) is 0 Å². The van der Waals surface area contributed by atoms with Gasteiger partial charge in [-0.2, -0.15) is 5.26 Å². The van der Waals surface area contributed by atoms with E-state index in [0.29, 0.717) is 16.9 Å². The van der Waals surface area contributed by atoms with E-state index < -0.39 is 0 Å². The van der Waals surface area contributed by atoms with Gasteiger partial charge in [-0.1, -0.05) is 41.1 Å². The number of allylic oxidation sites excluding steroid dienone is 1. The lowest BCUT2D eigenvalue weighted by molar-refractivity contribution is -0.112. The second-order valence-electron chi connectivity index (χ2n) is 7.38. The highest BCUT2D eigenvalue weighted by molar-refractivity contribution is 7.99. The van der Waals surface area contributed by atoms with Crippen LogP contribution in [0.4, 0.5) is 11.4 Å². The number of thioether (sulfide) groups is 1. The summed E-state index contributed by atoms with van der Waals surface area (Å²) >= 11 is 1.13. The predicted molar refractivity (Wildman–Crippen MR) is 121 cm³/mol. The van der Waals surface area contributed by atoms with Crippen LogP contribution in [0.1, 0.15) is 11.1 Å². The first kappa shape index (κ1) is 20.7. The lowest BCUT2D eigenvalue weighted by Crippen LogP contribution is -2.26. The maximum Gasteiger partial charge on any atom is 0.277 e. The Balaban J connectivity index is 1.52. The number of Topliss-reactive ketones (excluding diaryl/α,β-unsaturated/α-hetero) is 1. The van der Waals surface area contributed by atoms with Gasteiger partial charge < -0.3 is 14.2 Å². The van der Waals surface area contributed by atoms with Crippen LogP contribution in [0.25, 0.3) is 11.5 Å². The summed E-state index contributed by atoms with van der Waals surface area (Å²) in [6.07, 6.45) is 0. The zero-order valence-corrected chi connectivity index (χ0v) is 18.5. The summed E-state index contributed by atoms with van der Waals surface area (Å²) in [4.78, 5) is 16.6. The zero-order chi connectivity index (χ0) is 22.1. The van der Waals surface area contributed by atoms with E-state index in [4.69, 9.17) is 4.42 Å². The molecule has 0 amide bonds. The van der Waals surface area contributed by atoms with Crippen LogP contribution in [0.3, 0.4) is 0 Å². The minimum atomic E-state index is -0.292. The Morgan fingerprint density at radius 1 is 1.06 bits per heavy atom. The summed E-state index contributed by atoms with van der Waals surface area (Å²) in [5, 5.41) is 18.2. The number of aromatic nitrogens is 2. The van der Waals surface area contributed by atoms with Crippen LogP contribution >= 0.6 is 11.8 Å². The third-order valence-electron chi connectivity index (χ3n) is 5.06. The molecule has 2 heterocycles. The maximum absolute atomic E-state index is 12.9. The number of fused-ring (bicyclic) bond motifs is 1. The molecule has 3 aromatic rings. The third kappa shape index (κ3) is 3.92. The molecule has 0 spiro atoms. The Hall–Kier alpha value is -3.57. The van der Waals surface area contributed by atoms with Gasteiger partial charge in [0.2, 0.25) is 5.89 Å². The number of hydrogen-bond donors (Lipinski definition) is 0. The molecular weight excluding hydrogens is 410 g/mol. The number of benzene rings is 2. The molecule has 0 aliphatic carbocycles. The molecular formula is C23H21N5O2S. The van der Waals surface area contributed by atoms with E-state index in [1.807, 2.05) is 74.1 Å². The number of aryl methyl sites for hydroxylation is 2. The second kappa shape index (κ2) is 8.28. The van der Waals surface area contributed by atoms with Crippen molar-refractivity contribution in [2.75, 3.05) is 29.6 Å². The fourth-order valence-corrected chi connectivity index (χ4v) is 4.37. The summed E-state index contributed by atoms with van der Waals surface area (Å²) in [5.41, 5.74) is 5.05. The van der Waals surface area contributed by atoms with Crippen molar-refractivity contribution in [2.24, 2.45) is 0 Å². The van der Waals surface area contributed by atoms with E-state index in [2.05, 4.69) is 22.3 Å². The van der Waals surface area contributed by atoms with Gasteiger partial charge in [-0.15, -0.1) is 10.2 Å². The zero-order valence-electron chi connectivity index (χ0n) is 17.7. The summed E-state index contributed by atoms with van der Waals surface area (Å²) in [7, 11) is 3.70. The molecule has 0 bridgehead atoms. The molecule has 0 radical (unpaired) electrons. The first-order chi connectivity index (χ1) is 14.9. The SMILES string of the molecule is Cc1cc(C)cc(-c2nnc(SCC(=O)C(C#N)=C3N(C)c4ccccc4N3C)o2)c1. The molecule has 8 heteroatoms. The van der Waals surface area contributed by atoms with Crippen molar-refractivity contribution >= 4 is 28.9 Å². The highest BCUT2D eigenvalue weighted by atomic mass is 32.2. The van der Waals surface area contributed by atoms with Crippen LogP contribution < -0.4 is 9.80 Å². The van der Waals surface area contributed by atoms with Crippen molar-refractivity contribution in [1.29, 1.82) is 5.26 Å². The van der Waals surface area contributed by atoms with Crippen LogP contribution in [0, 0.1) is 25.2 Å². The van der Waals surface area contributed by atoms with E-state index in [9.17, 15) is 10.1 Å². The first-order valence-corrected chi connectivity index (χ1v) is 10.7. The highest BCUT2D eigenvalue weighted by Gasteiger charge is 2.31. The number of carbonyl (C=O) groups excluding carboxylic acids is 1. The average molecular weight is 432 g/mol. The normalized spacial score (nSPS) is 12.7. The molecule has 1 aliphatic rings. The number of carbonyl (C=O) groups is 1. The van der Waals surface area contributed by atoms with Crippen molar-refractivity contribution in [1.82, 2.24) is 10.2 Å². The Kier molecular flexibility index (Phi) is 5.53. The van der Waals surface area contributed by atoms with Gasteiger partial charge in [-0.3, -0.25) is 4.79 Å². The lowest BCUT2D eigenvalue weighted by Gasteiger charge is -2.19. The van der Waals surface area contributed by atoms with Crippen LogP contribution in [0.15, 0.2) is 63.5 Å². The summed E-state index contributed by atoms with van der Waals surface area (Å²) in [6, 6.07) is 15.9. The molecule has 1 aliphatic heterocycles. The van der Waals surface area contributed by atoms with Gasteiger partial charge in [0.25, 0.3) is 5.22 Å². The van der Waals surface area contributed by atoms with Gasteiger partial charge in [0, 0.05) is 19.7 Å². The summed E-state index contributed by atoms with van der Waals surface area (Å²) in [5.74, 6) is 0.709. The molecule has 4 rings (SSSR count). The Morgan fingerprint density at radius 2 is 1.68 bits per heavy atom. The number of ketones is 1. The van der Waals surface area contributed by atoms with Crippen molar-refractivity contribution in [3.8, 4) is 17.5 Å². The van der Waals surface area contributed by atoms with Gasteiger partial charge in [0.1, 0.15) is 17.5 Å². The number of rotatable bonds is 5. The molecule has 156 valence electrons. The highest BCUT2D eigenvalue weighted by Crippen LogP contribution is 2.40. The van der Waals surface area contributed by atoms with Gasteiger partial charge in [-0.25, -0.2) is 0 Å². The minimum absolute atomic E-state index is 0.0267. The Labute approximate surface area is 185 Å². The van der Waals surface area contributed by atoms with E-state index in [1.165, 1.54) is 0 Å². The monoisotopic (exact) mass is 431 g/mol. The van der Waals surface area contributed by atoms with E-state index in [0.717, 1.165) is 39.8 Å². The molecule has 0 atom stereocenters. The molecule has 0 fully saturated rings. The fraction of sp³-hybridized carbons (Fsp3) is 0.217. The number of para-hydroxylation sites is 2. The van der Waals surface area contributed by atoms with Crippen molar-refractivity contribution < 1.29 is 9.21 Å². The molecule has 31 heavy (non-hydrogen) atoms. The van der Waals surface area contributed by atoms with Crippen LogP contribution in [0.2, 0.25) is 0 Å². The summed E-state index contributed by atoms with van der Waals surface area (Å²) in [6.45, 7) is 4.01. The number of anilines is 2. The Bertz CT molecular complexity index is 1190. The largest absolute Gasteiger partial charge is 0.411 e. The second-order valence-corrected chi connectivity index (χ2v) is 8.31. The van der Waals surface area contributed by atoms with Gasteiger partial charge in [0.05, 0.1) is 17.1 Å². The molecule has 0 unspecified atom stereocenters. The van der Waals surface area contributed by atoms with Gasteiger partial charge >= 0.3 is 0 Å². The molecule has 0 saturated carbocycles. The topological polar surface area (TPSA) is 86.3 Å². The van der Waals surface area contributed by atoms with Crippen molar-refractivity contribution in [3.63, 3.8) is 0 Å². The van der Waals surface area contributed by atoms with Gasteiger partial charge in [-0.05, 0) is 38.1 Å². The minimum Gasteiger partial charge on any atom is -0.411 e. The molecule has 0 saturated heterocycles. The Morgan fingerprint density at radius 3 is 2.26 bits per heavy atom. The third-order valence-corrected chi connectivity index (χ3v) is 5.87. The van der Waals surface area contributed by atoms with E-state index in [1.54, 1.807) is 0 Å². The molecule has 0 N–H and O–H groups in total. The van der Waals surface area contributed by atoms with E-state index >= 15 is 0 Å². The molecule has 1 aromatic heterocycles. The van der Waals surface area contributed by atoms with Crippen LogP contribution in [-0.4, -0.2) is 35.8 Å². The number of nitriles is 1. The molecule has 2 aromatic carbocycles. The van der Waals surface area contributed by atoms with Crippen molar-refractivity contribution in [2.45, 2.75) is 19.1 Å². The average Bonchev–Trinajstić information content (AvgIpc) is 3.32. The van der Waals surface area contributed by atoms with Crippen molar-refractivity contribution in [3.05, 3.63) is 65.0 Å². The molecule has 7 nitrogen and oxygen atoms in total. The predicted octanol–water partition coefficient (Wildman–Crippen LogP) is 4.34. The van der Waals surface area contributed by atoms with Gasteiger partial charge in [0.15, 0.2) is 5.78 Å². The van der Waals surface area contributed by atoms with E-state index in [-0.39, 0.29) is 17.1 Å². The quantitative estimate of drug-likeness (QED) is 0.335. The smallest absolute Gasteiger partial charge is 0.277 e. The lowest BCUT2D eigenvalue weighted by atomic mass is 10.1. The standard InChI is InChI=1S/C23H21N5O2S/c1-14-9-15(2)11-16(10-14)21-25-26-23(30-21)31-13-20(29)17(12-24)22-27(3)18-7-5-6-8-19(18)28(22)4/h5-11H,13H2,1-4H3. The maximum atomic E-state index is 12.9. The first-order valence-electron chi connectivity index (χ1n) is 9.68. The van der Waals surface area contributed by atoms with Crippen LogP contribution in [-0.2, 0) is 4.79 Å².